The van der Waals surface area contributed by atoms with E-state index in [-0.39, 0.29) is 17.8 Å². The van der Waals surface area contributed by atoms with Gasteiger partial charge in [0.2, 0.25) is 5.91 Å². The lowest BCUT2D eigenvalue weighted by Gasteiger charge is -2.29. The maximum Gasteiger partial charge on any atom is 0.308 e. The molecule has 1 saturated heterocycles. The van der Waals surface area contributed by atoms with Crippen molar-refractivity contribution < 1.29 is 14.3 Å². The van der Waals surface area contributed by atoms with Crippen LogP contribution in [0.1, 0.15) is 18.4 Å². The Bertz CT molecular complexity index is 531. The maximum atomic E-state index is 12.1. The van der Waals surface area contributed by atoms with Crippen LogP contribution in [0.2, 0.25) is 5.02 Å². The molecule has 0 atom stereocenters. The van der Waals surface area contributed by atoms with Crippen LogP contribution in [0, 0.1) is 5.92 Å². The van der Waals surface area contributed by atoms with Crippen molar-refractivity contribution in [1.82, 2.24) is 4.90 Å². The lowest BCUT2D eigenvalue weighted by Crippen LogP contribution is -2.39. The number of amides is 1. The molecule has 0 saturated carbocycles. The molecule has 0 spiro atoms. The number of carbonyl (C=O) groups is 2. The molecule has 4 nitrogen and oxygen atoms in total. The number of nitrogens with zero attached hydrogens (tertiary/aromatic N) is 1. The van der Waals surface area contributed by atoms with Crippen molar-refractivity contribution in [3.05, 3.63) is 40.9 Å². The summed E-state index contributed by atoms with van der Waals surface area (Å²) in [4.78, 5) is 25.3. The van der Waals surface area contributed by atoms with Crippen LogP contribution in [-0.2, 0) is 14.3 Å². The van der Waals surface area contributed by atoms with E-state index in [1.807, 2.05) is 12.1 Å². The Hall–Kier alpha value is -1.81. The van der Waals surface area contributed by atoms with Crippen LogP contribution in [0.3, 0.4) is 0 Å². The number of hydrogen-bond donors (Lipinski definition) is 0. The quantitative estimate of drug-likeness (QED) is 0.637. The molecule has 0 radical (unpaired) electrons. The normalized spacial score (nSPS) is 16.2. The number of piperidine rings is 1. The highest BCUT2D eigenvalue weighted by atomic mass is 35.5. The van der Waals surface area contributed by atoms with Gasteiger partial charge in [-0.2, -0.15) is 0 Å². The van der Waals surface area contributed by atoms with Crippen LogP contribution in [-0.4, -0.2) is 37.0 Å². The van der Waals surface area contributed by atoms with Crippen molar-refractivity contribution in [2.24, 2.45) is 5.92 Å². The molecule has 1 heterocycles. The van der Waals surface area contributed by atoms with Gasteiger partial charge in [0, 0.05) is 24.2 Å². The molecule has 1 fully saturated rings. The van der Waals surface area contributed by atoms with Crippen LogP contribution < -0.4 is 0 Å². The largest absolute Gasteiger partial charge is 0.469 e. The summed E-state index contributed by atoms with van der Waals surface area (Å²) in [6, 6.07) is 7.28. The average molecular weight is 308 g/mol. The number of ether oxygens (including phenoxy) is 1. The molecule has 0 aliphatic carbocycles. The first-order chi connectivity index (χ1) is 10.1. The molecule has 2 rings (SSSR count). The average Bonchev–Trinajstić information content (AvgIpc) is 2.53. The van der Waals surface area contributed by atoms with Crippen molar-refractivity contribution in [2.75, 3.05) is 20.2 Å². The molecule has 21 heavy (non-hydrogen) atoms. The number of carbonyl (C=O) groups excluding carboxylic acids is 2. The van der Waals surface area contributed by atoms with Crippen LogP contribution in [0.4, 0.5) is 0 Å². The minimum absolute atomic E-state index is 0.0340. The number of likely N-dealkylation sites (tertiary alicyclic amines) is 1. The first kappa shape index (κ1) is 15.6. The van der Waals surface area contributed by atoms with Gasteiger partial charge < -0.3 is 9.64 Å². The van der Waals surface area contributed by atoms with Crippen LogP contribution in [0.5, 0.6) is 0 Å². The van der Waals surface area contributed by atoms with Gasteiger partial charge in [0.1, 0.15) is 0 Å². The molecule has 5 heteroatoms. The van der Waals surface area contributed by atoms with Gasteiger partial charge in [0.15, 0.2) is 0 Å². The molecule has 0 aromatic heterocycles. The molecule has 0 N–H and O–H groups in total. The van der Waals surface area contributed by atoms with Gasteiger partial charge in [-0.25, -0.2) is 0 Å². The standard InChI is InChI=1S/C16H18ClNO3/c1-21-16(20)13-8-10-18(11-9-13)15(19)7-4-12-2-5-14(17)6-3-12/h2-7,13H,8-11H2,1H3/b7-4+. The third-order valence-corrected chi connectivity index (χ3v) is 3.88. The van der Waals surface area contributed by atoms with Crippen molar-refractivity contribution in [1.29, 1.82) is 0 Å². The fourth-order valence-electron chi connectivity index (χ4n) is 2.35. The minimum atomic E-state index is -0.182. The molecule has 112 valence electrons. The summed E-state index contributed by atoms with van der Waals surface area (Å²) in [6.07, 6.45) is 4.65. The molecule has 0 unspecified atom stereocenters. The molecule has 1 aromatic rings. The highest BCUT2D eigenvalue weighted by Crippen LogP contribution is 2.19. The number of halogens is 1. The predicted octanol–water partition coefficient (Wildman–Crippen LogP) is 2.76. The number of benzene rings is 1. The molecule has 1 amide bonds. The van der Waals surface area contributed by atoms with E-state index in [0.29, 0.717) is 31.0 Å². The maximum absolute atomic E-state index is 12.1. The van der Waals surface area contributed by atoms with Gasteiger partial charge in [0.25, 0.3) is 0 Å². The lowest BCUT2D eigenvalue weighted by molar-refractivity contribution is -0.148. The van der Waals surface area contributed by atoms with Crippen LogP contribution >= 0.6 is 11.6 Å². The van der Waals surface area contributed by atoms with E-state index in [2.05, 4.69) is 0 Å². The summed E-state index contributed by atoms with van der Waals surface area (Å²) < 4.78 is 4.73. The fourth-order valence-corrected chi connectivity index (χ4v) is 2.48. The Morgan fingerprint density at radius 3 is 2.43 bits per heavy atom. The Morgan fingerprint density at radius 2 is 1.86 bits per heavy atom. The van der Waals surface area contributed by atoms with Crippen LogP contribution in [0.15, 0.2) is 30.3 Å². The zero-order chi connectivity index (χ0) is 15.2. The number of hydrogen-bond acceptors (Lipinski definition) is 3. The van der Waals surface area contributed by atoms with E-state index >= 15 is 0 Å². The van der Waals surface area contributed by atoms with Gasteiger partial charge in [-0.15, -0.1) is 0 Å². The Labute approximate surface area is 129 Å². The molecule has 1 aliphatic heterocycles. The monoisotopic (exact) mass is 307 g/mol. The van der Waals surface area contributed by atoms with Crippen molar-refractivity contribution in [3.8, 4) is 0 Å². The molecular weight excluding hydrogens is 290 g/mol. The van der Waals surface area contributed by atoms with E-state index in [9.17, 15) is 9.59 Å². The van der Waals surface area contributed by atoms with Gasteiger partial charge in [0.05, 0.1) is 13.0 Å². The van der Waals surface area contributed by atoms with Crippen LogP contribution in [0.25, 0.3) is 6.08 Å². The zero-order valence-electron chi connectivity index (χ0n) is 11.9. The summed E-state index contributed by atoms with van der Waals surface area (Å²) in [5.74, 6) is -0.300. The van der Waals surface area contributed by atoms with E-state index in [0.717, 1.165) is 5.56 Å². The highest BCUT2D eigenvalue weighted by Gasteiger charge is 2.26. The first-order valence-electron chi connectivity index (χ1n) is 6.90. The van der Waals surface area contributed by atoms with E-state index in [1.54, 1.807) is 29.2 Å². The Kier molecular flexibility index (Phi) is 5.39. The van der Waals surface area contributed by atoms with E-state index < -0.39 is 0 Å². The molecule has 1 aliphatic rings. The summed E-state index contributed by atoms with van der Waals surface area (Å²) in [6.45, 7) is 1.17. The van der Waals surface area contributed by atoms with Gasteiger partial charge in [-0.05, 0) is 36.6 Å². The van der Waals surface area contributed by atoms with Crippen molar-refractivity contribution in [3.63, 3.8) is 0 Å². The second kappa shape index (κ2) is 7.27. The molecular formula is C16H18ClNO3. The second-order valence-corrected chi connectivity index (χ2v) is 5.44. The predicted molar refractivity (Wildman–Crippen MR) is 81.8 cm³/mol. The van der Waals surface area contributed by atoms with Crippen molar-refractivity contribution >= 4 is 29.6 Å². The first-order valence-corrected chi connectivity index (χ1v) is 7.28. The van der Waals surface area contributed by atoms with E-state index in [1.165, 1.54) is 7.11 Å². The SMILES string of the molecule is COC(=O)C1CCN(C(=O)/C=C/c2ccc(Cl)cc2)CC1. The van der Waals surface area contributed by atoms with Gasteiger partial charge >= 0.3 is 5.97 Å². The second-order valence-electron chi connectivity index (χ2n) is 5.01. The molecule has 1 aromatic carbocycles. The van der Waals surface area contributed by atoms with Crippen molar-refractivity contribution in [2.45, 2.75) is 12.8 Å². The smallest absolute Gasteiger partial charge is 0.308 e. The third-order valence-electron chi connectivity index (χ3n) is 3.63. The summed E-state index contributed by atoms with van der Waals surface area (Å²) in [5.41, 5.74) is 0.928. The number of methoxy groups -OCH3 is 1. The minimum Gasteiger partial charge on any atom is -0.469 e. The topological polar surface area (TPSA) is 46.6 Å². The Balaban J connectivity index is 1.87. The van der Waals surface area contributed by atoms with Gasteiger partial charge in [-0.3, -0.25) is 9.59 Å². The highest BCUT2D eigenvalue weighted by molar-refractivity contribution is 6.30. The third kappa shape index (κ3) is 4.33. The summed E-state index contributed by atoms with van der Waals surface area (Å²) in [7, 11) is 1.40. The Morgan fingerprint density at radius 1 is 1.24 bits per heavy atom. The summed E-state index contributed by atoms with van der Waals surface area (Å²) >= 11 is 5.81. The number of rotatable bonds is 3. The summed E-state index contributed by atoms with van der Waals surface area (Å²) in [5, 5.41) is 0.670. The zero-order valence-corrected chi connectivity index (χ0v) is 12.7. The fraction of sp³-hybridized carbons (Fsp3) is 0.375. The molecule has 0 bridgehead atoms. The van der Waals surface area contributed by atoms with E-state index in [4.69, 9.17) is 16.3 Å². The number of esters is 1. The van der Waals surface area contributed by atoms with Gasteiger partial charge in [-0.1, -0.05) is 23.7 Å². The lowest BCUT2D eigenvalue weighted by atomic mass is 9.97.